The van der Waals surface area contributed by atoms with Crippen LogP contribution in [0.5, 0.6) is 0 Å². The number of para-hydroxylation sites is 1. The van der Waals surface area contributed by atoms with E-state index < -0.39 is 0 Å². The molecule has 3 heteroatoms. The SMILES string of the molecule is CCCN1C=C/C(=C\C(=N/C)Sc2ccccc2C)c2ccccc21. The number of aliphatic imine (C=N–C) groups is 1. The van der Waals surface area contributed by atoms with Crippen molar-refractivity contribution in [1.29, 1.82) is 0 Å². The molecule has 0 aromatic heterocycles. The second-order valence-corrected chi connectivity index (χ2v) is 7.12. The van der Waals surface area contributed by atoms with Crippen LogP contribution >= 0.6 is 11.8 Å². The summed E-state index contributed by atoms with van der Waals surface area (Å²) in [6, 6.07) is 17.0. The van der Waals surface area contributed by atoms with E-state index in [1.807, 2.05) is 7.05 Å². The highest BCUT2D eigenvalue weighted by atomic mass is 32.2. The van der Waals surface area contributed by atoms with Gasteiger partial charge in [-0.25, -0.2) is 0 Å². The van der Waals surface area contributed by atoms with E-state index in [-0.39, 0.29) is 0 Å². The van der Waals surface area contributed by atoms with Crippen molar-refractivity contribution in [1.82, 2.24) is 0 Å². The highest BCUT2D eigenvalue weighted by molar-refractivity contribution is 8.14. The number of hydrogen-bond acceptors (Lipinski definition) is 3. The fraction of sp³-hybridized carbons (Fsp3) is 0.227. The van der Waals surface area contributed by atoms with Gasteiger partial charge in [0.25, 0.3) is 0 Å². The van der Waals surface area contributed by atoms with Crippen LogP contribution in [-0.4, -0.2) is 18.6 Å². The molecule has 0 radical (unpaired) electrons. The Kier molecular flexibility index (Phi) is 5.77. The van der Waals surface area contributed by atoms with Crippen molar-refractivity contribution in [2.45, 2.75) is 25.2 Å². The molecule has 0 amide bonds. The minimum atomic E-state index is 1.02. The van der Waals surface area contributed by atoms with Crippen LogP contribution in [0.25, 0.3) is 5.57 Å². The highest BCUT2D eigenvalue weighted by Crippen LogP contribution is 2.34. The molecule has 3 rings (SSSR count). The molecule has 0 spiro atoms. The van der Waals surface area contributed by atoms with Crippen LogP contribution in [-0.2, 0) is 0 Å². The zero-order valence-electron chi connectivity index (χ0n) is 15.1. The third-order valence-electron chi connectivity index (χ3n) is 4.23. The second kappa shape index (κ2) is 8.21. The van der Waals surface area contributed by atoms with Gasteiger partial charge in [0.1, 0.15) is 0 Å². The first kappa shape index (κ1) is 17.6. The first-order valence-electron chi connectivity index (χ1n) is 8.69. The van der Waals surface area contributed by atoms with Gasteiger partial charge in [-0.1, -0.05) is 55.1 Å². The van der Waals surface area contributed by atoms with E-state index in [1.54, 1.807) is 11.8 Å². The lowest BCUT2D eigenvalue weighted by Crippen LogP contribution is -2.20. The summed E-state index contributed by atoms with van der Waals surface area (Å²) in [6.45, 7) is 5.39. The van der Waals surface area contributed by atoms with Crippen LogP contribution in [0.4, 0.5) is 5.69 Å². The van der Waals surface area contributed by atoms with Gasteiger partial charge in [-0.05, 0) is 48.8 Å². The summed E-state index contributed by atoms with van der Waals surface area (Å²) in [7, 11) is 1.86. The molecule has 0 N–H and O–H groups in total. The van der Waals surface area contributed by atoms with E-state index in [0.29, 0.717) is 0 Å². The standard InChI is InChI=1S/C22H24N2S/c1-4-14-24-15-13-18(19-10-6-7-11-20(19)24)16-22(23-3)25-21-12-8-5-9-17(21)2/h5-13,15-16H,4,14H2,1-3H3/b18-16+,23-22+. The molecule has 0 saturated carbocycles. The number of hydrogen-bond donors (Lipinski definition) is 0. The van der Waals surface area contributed by atoms with Gasteiger partial charge in [0.15, 0.2) is 0 Å². The van der Waals surface area contributed by atoms with Gasteiger partial charge in [-0.2, -0.15) is 0 Å². The Balaban J connectivity index is 1.92. The number of thioether (sulfide) groups is 1. The van der Waals surface area contributed by atoms with E-state index in [1.165, 1.54) is 27.3 Å². The fourth-order valence-electron chi connectivity index (χ4n) is 2.93. The van der Waals surface area contributed by atoms with Crippen LogP contribution in [0.3, 0.4) is 0 Å². The molecule has 128 valence electrons. The lowest BCUT2D eigenvalue weighted by molar-refractivity contribution is 0.876. The average Bonchev–Trinajstić information content (AvgIpc) is 2.65. The number of benzene rings is 2. The molecule has 0 bridgehead atoms. The summed E-state index contributed by atoms with van der Waals surface area (Å²) in [5.74, 6) is 0. The largest absolute Gasteiger partial charge is 0.347 e. The van der Waals surface area contributed by atoms with Crippen molar-refractivity contribution in [2.75, 3.05) is 18.5 Å². The summed E-state index contributed by atoms with van der Waals surface area (Å²) in [5.41, 5.74) is 5.03. The van der Waals surface area contributed by atoms with E-state index in [4.69, 9.17) is 0 Å². The van der Waals surface area contributed by atoms with Gasteiger partial charge in [-0.15, -0.1) is 0 Å². The normalized spacial score (nSPS) is 15.6. The van der Waals surface area contributed by atoms with Crippen LogP contribution in [0, 0.1) is 6.92 Å². The van der Waals surface area contributed by atoms with Gasteiger partial charge >= 0.3 is 0 Å². The Labute approximate surface area is 155 Å². The van der Waals surface area contributed by atoms with Crippen molar-refractivity contribution in [3.63, 3.8) is 0 Å². The van der Waals surface area contributed by atoms with Gasteiger partial charge in [-0.3, -0.25) is 4.99 Å². The quantitative estimate of drug-likeness (QED) is 0.386. The lowest BCUT2D eigenvalue weighted by atomic mass is 9.99. The number of fused-ring (bicyclic) bond motifs is 1. The maximum atomic E-state index is 4.50. The Morgan fingerprint density at radius 1 is 1.12 bits per heavy atom. The summed E-state index contributed by atoms with van der Waals surface area (Å²) in [4.78, 5) is 8.08. The van der Waals surface area contributed by atoms with Crippen molar-refractivity contribution in [2.24, 2.45) is 4.99 Å². The third-order valence-corrected chi connectivity index (χ3v) is 5.42. The zero-order valence-corrected chi connectivity index (χ0v) is 15.9. The maximum absolute atomic E-state index is 4.50. The molecule has 0 fully saturated rings. The smallest absolute Gasteiger partial charge is 0.0954 e. The number of nitrogens with zero attached hydrogens (tertiary/aromatic N) is 2. The maximum Gasteiger partial charge on any atom is 0.0954 e. The Morgan fingerprint density at radius 3 is 2.64 bits per heavy atom. The molecule has 1 aliphatic heterocycles. The van der Waals surface area contributed by atoms with E-state index in [0.717, 1.165) is 18.0 Å². The predicted molar refractivity (Wildman–Crippen MR) is 112 cm³/mol. The molecule has 0 unspecified atom stereocenters. The van der Waals surface area contributed by atoms with E-state index in [2.05, 4.69) is 90.6 Å². The van der Waals surface area contributed by atoms with Crippen molar-refractivity contribution >= 4 is 28.1 Å². The number of allylic oxidation sites excluding steroid dienone is 2. The first-order valence-corrected chi connectivity index (χ1v) is 9.50. The molecule has 1 heterocycles. The van der Waals surface area contributed by atoms with Gasteiger partial charge in [0.2, 0.25) is 0 Å². The molecule has 0 aliphatic carbocycles. The van der Waals surface area contributed by atoms with E-state index >= 15 is 0 Å². The van der Waals surface area contributed by atoms with Crippen LogP contribution in [0.1, 0.15) is 24.5 Å². The van der Waals surface area contributed by atoms with Crippen molar-refractivity contribution in [3.8, 4) is 0 Å². The first-order chi connectivity index (χ1) is 12.2. The molecule has 25 heavy (non-hydrogen) atoms. The Morgan fingerprint density at radius 2 is 1.88 bits per heavy atom. The van der Waals surface area contributed by atoms with Crippen LogP contribution < -0.4 is 4.90 Å². The molecular formula is C22H24N2S. The number of rotatable bonds is 4. The Bertz CT molecular complexity index is 833. The van der Waals surface area contributed by atoms with Crippen LogP contribution in [0.15, 0.2) is 76.8 Å². The molecule has 0 atom stereocenters. The summed E-state index contributed by atoms with van der Waals surface area (Å²) in [5, 5.41) is 1.02. The minimum absolute atomic E-state index is 1.02. The third kappa shape index (κ3) is 4.05. The van der Waals surface area contributed by atoms with Crippen molar-refractivity contribution in [3.05, 3.63) is 78.0 Å². The highest BCUT2D eigenvalue weighted by Gasteiger charge is 2.15. The second-order valence-electron chi connectivity index (χ2n) is 6.06. The number of anilines is 1. The molecule has 1 aliphatic rings. The van der Waals surface area contributed by atoms with Crippen molar-refractivity contribution < 1.29 is 0 Å². The van der Waals surface area contributed by atoms with Gasteiger partial charge < -0.3 is 4.90 Å². The Hall–Kier alpha value is -2.26. The zero-order chi connectivity index (χ0) is 17.6. The summed E-state index contributed by atoms with van der Waals surface area (Å²) < 4.78 is 0. The average molecular weight is 349 g/mol. The minimum Gasteiger partial charge on any atom is -0.347 e. The summed E-state index contributed by atoms with van der Waals surface area (Å²) in [6.07, 6.45) is 7.70. The van der Waals surface area contributed by atoms with Gasteiger partial charge in [0.05, 0.1) is 5.04 Å². The molecule has 2 nitrogen and oxygen atoms in total. The molecule has 2 aromatic rings. The molecule has 2 aromatic carbocycles. The molecular weight excluding hydrogens is 324 g/mol. The lowest BCUT2D eigenvalue weighted by Gasteiger charge is -2.27. The van der Waals surface area contributed by atoms with Gasteiger partial charge in [0, 0.05) is 35.9 Å². The molecule has 0 saturated heterocycles. The fourth-order valence-corrected chi connectivity index (χ4v) is 3.80. The monoisotopic (exact) mass is 348 g/mol. The van der Waals surface area contributed by atoms with Crippen LogP contribution in [0.2, 0.25) is 0 Å². The van der Waals surface area contributed by atoms with E-state index in [9.17, 15) is 0 Å². The predicted octanol–water partition coefficient (Wildman–Crippen LogP) is 5.94. The topological polar surface area (TPSA) is 15.6 Å². The number of aryl methyl sites for hydroxylation is 1. The summed E-state index contributed by atoms with van der Waals surface area (Å²) >= 11 is 1.72.